The van der Waals surface area contributed by atoms with Crippen molar-refractivity contribution in [2.45, 2.75) is 44.4 Å². The molecule has 1 aromatic carbocycles. The second-order valence-electron chi connectivity index (χ2n) is 6.27. The highest BCUT2D eigenvalue weighted by Gasteiger charge is 2.43. The van der Waals surface area contributed by atoms with Crippen molar-refractivity contribution in [3.05, 3.63) is 41.1 Å². The molecule has 2 N–H and O–H groups in total. The minimum Gasteiger partial charge on any atom is -0.485 e. The second kappa shape index (κ2) is 5.15. The van der Waals surface area contributed by atoms with Crippen molar-refractivity contribution < 1.29 is 14.6 Å². The van der Waals surface area contributed by atoms with E-state index in [1.807, 2.05) is 13.8 Å². The molecule has 22 heavy (non-hydrogen) atoms. The van der Waals surface area contributed by atoms with Crippen LogP contribution in [0.25, 0.3) is 0 Å². The number of hydrogen-bond acceptors (Lipinski definition) is 5. The van der Waals surface area contributed by atoms with Crippen molar-refractivity contribution in [3.63, 3.8) is 0 Å². The predicted octanol–water partition coefficient (Wildman–Crippen LogP) is 1.97. The number of nitrogens with zero attached hydrogens (tertiary/aromatic N) is 1. The molecule has 0 amide bonds. The smallest absolute Gasteiger partial charge is 0.157 e. The third-order valence-corrected chi connectivity index (χ3v) is 4.19. The first-order chi connectivity index (χ1) is 10.4. The van der Waals surface area contributed by atoms with E-state index in [2.05, 4.69) is 11.4 Å². The SMILES string of the molecule is CC1(C)Oc2ccc(C#N)cc2[C@@H](NC2=CC(=O)CC2)[C@@H]1O. The lowest BCUT2D eigenvalue weighted by molar-refractivity contribution is -0.114. The van der Waals surface area contributed by atoms with Crippen molar-refractivity contribution in [2.24, 2.45) is 0 Å². The molecule has 0 unspecified atom stereocenters. The fourth-order valence-corrected chi connectivity index (χ4v) is 2.94. The van der Waals surface area contributed by atoms with Gasteiger partial charge in [-0.25, -0.2) is 0 Å². The Morgan fingerprint density at radius 1 is 1.41 bits per heavy atom. The maximum Gasteiger partial charge on any atom is 0.157 e. The van der Waals surface area contributed by atoms with Gasteiger partial charge in [0.25, 0.3) is 0 Å². The number of aliphatic hydroxyl groups excluding tert-OH is 1. The summed E-state index contributed by atoms with van der Waals surface area (Å²) in [6, 6.07) is 6.86. The van der Waals surface area contributed by atoms with Gasteiger partial charge in [0.1, 0.15) is 17.5 Å². The second-order valence-corrected chi connectivity index (χ2v) is 6.27. The zero-order valence-corrected chi connectivity index (χ0v) is 12.6. The fourth-order valence-electron chi connectivity index (χ4n) is 2.94. The standard InChI is InChI=1S/C17H18N2O3/c1-17(2)16(21)15(19-11-4-5-12(20)8-11)13-7-10(9-18)3-6-14(13)22-17/h3,6-8,15-16,19,21H,4-5H2,1-2H3/t15-,16+/m1/s1. The first-order valence-corrected chi connectivity index (χ1v) is 7.32. The van der Waals surface area contributed by atoms with E-state index in [-0.39, 0.29) is 5.78 Å². The maximum absolute atomic E-state index is 11.4. The average Bonchev–Trinajstić information content (AvgIpc) is 2.88. The maximum atomic E-state index is 11.4. The quantitative estimate of drug-likeness (QED) is 0.872. The van der Waals surface area contributed by atoms with E-state index in [0.717, 1.165) is 11.3 Å². The molecule has 2 atom stereocenters. The van der Waals surface area contributed by atoms with Gasteiger partial charge >= 0.3 is 0 Å². The number of aliphatic hydroxyl groups is 1. The Kier molecular flexibility index (Phi) is 3.42. The van der Waals surface area contributed by atoms with Crippen molar-refractivity contribution in [3.8, 4) is 11.8 Å². The number of carbonyl (C=O) groups excluding carboxylic acids is 1. The topological polar surface area (TPSA) is 82.3 Å². The number of ketones is 1. The molecule has 5 heteroatoms. The van der Waals surface area contributed by atoms with Gasteiger partial charge in [-0.15, -0.1) is 0 Å². The third kappa shape index (κ3) is 2.46. The van der Waals surface area contributed by atoms with E-state index in [0.29, 0.717) is 24.2 Å². The minimum atomic E-state index is -0.800. The summed E-state index contributed by atoms with van der Waals surface area (Å²) in [4.78, 5) is 11.4. The number of nitrogens with one attached hydrogen (secondary N) is 1. The van der Waals surface area contributed by atoms with Gasteiger partial charge in [0.15, 0.2) is 5.78 Å². The summed E-state index contributed by atoms with van der Waals surface area (Å²) in [5.41, 5.74) is 1.31. The molecule has 0 fully saturated rings. The molecule has 0 radical (unpaired) electrons. The molecule has 114 valence electrons. The van der Waals surface area contributed by atoms with Crippen LogP contribution in [-0.2, 0) is 4.79 Å². The van der Waals surface area contributed by atoms with E-state index < -0.39 is 17.7 Å². The van der Waals surface area contributed by atoms with Crippen LogP contribution >= 0.6 is 0 Å². The highest BCUT2D eigenvalue weighted by Crippen LogP contribution is 2.41. The van der Waals surface area contributed by atoms with Gasteiger partial charge in [0, 0.05) is 23.8 Å². The average molecular weight is 298 g/mol. The van der Waals surface area contributed by atoms with Crippen molar-refractivity contribution >= 4 is 5.78 Å². The molecule has 3 rings (SSSR count). The number of benzene rings is 1. The molecule has 0 bridgehead atoms. The van der Waals surface area contributed by atoms with Crippen LogP contribution in [0, 0.1) is 11.3 Å². The lowest BCUT2D eigenvalue weighted by Gasteiger charge is -2.42. The number of nitriles is 1. The number of ether oxygens (including phenoxy) is 1. The van der Waals surface area contributed by atoms with E-state index >= 15 is 0 Å². The van der Waals surface area contributed by atoms with E-state index in [1.165, 1.54) is 0 Å². The zero-order valence-electron chi connectivity index (χ0n) is 12.6. The molecule has 1 aromatic rings. The van der Waals surface area contributed by atoms with Crippen LogP contribution in [0.2, 0.25) is 0 Å². The lowest BCUT2D eigenvalue weighted by Crippen LogP contribution is -2.52. The van der Waals surface area contributed by atoms with E-state index in [9.17, 15) is 9.90 Å². The van der Waals surface area contributed by atoms with Crippen molar-refractivity contribution in [2.75, 3.05) is 0 Å². The Hall–Kier alpha value is -2.32. The Balaban J connectivity index is 2.01. The van der Waals surface area contributed by atoms with Crippen LogP contribution in [0.15, 0.2) is 30.0 Å². The summed E-state index contributed by atoms with van der Waals surface area (Å²) in [6.45, 7) is 3.64. The third-order valence-electron chi connectivity index (χ3n) is 4.19. The number of hydrogen-bond donors (Lipinski definition) is 2. The summed E-state index contributed by atoms with van der Waals surface area (Å²) in [6.07, 6.45) is 1.93. The highest BCUT2D eigenvalue weighted by molar-refractivity contribution is 5.92. The molecule has 0 spiro atoms. The number of allylic oxidation sites excluding steroid dienone is 2. The Morgan fingerprint density at radius 2 is 2.18 bits per heavy atom. The van der Waals surface area contributed by atoms with Gasteiger partial charge in [0.2, 0.25) is 0 Å². The molecule has 1 aliphatic carbocycles. The van der Waals surface area contributed by atoms with E-state index in [1.54, 1.807) is 24.3 Å². The van der Waals surface area contributed by atoms with Crippen molar-refractivity contribution in [1.29, 1.82) is 5.26 Å². The summed E-state index contributed by atoms with van der Waals surface area (Å²) in [5, 5.41) is 23.0. The van der Waals surface area contributed by atoms with Crippen LogP contribution in [-0.4, -0.2) is 22.6 Å². The molecule has 1 heterocycles. The minimum absolute atomic E-state index is 0.0920. The van der Waals surface area contributed by atoms with Crippen LogP contribution < -0.4 is 10.1 Å². The van der Waals surface area contributed by atoms with Crippen LogP contribution in [0.3, 0.4) is 0 Å². The first kappa shape index (κ1) is 14.6. The fraction of sp³-hybridized carbons (Fsp3) is 0.412. The van der Waals surface area contributed by atoms with Crippen LogP contribution in [0.1, 0.15) is 43.9 Å². The molecule has 5 nitrogen and oxygen atoms in total. The monoisotopic (exact) mass is 298 g/mol. The lowest BCUT2D eigenvalue weighted by atomic mass is 9.85. The molecule has 1 aliphatic heterocycles. The molecular weight excluding hydrogens is 280 g/mol. The summed E-state index contributed by atoms with van der Waals surface area (Å²) in [7, 11) is 0. The number of rotatable bonds is 2. The molecule has 2 aliphatic rings. The van der Waals surface area contributed by atoms with Gasteiger partial charge in [-0.05, 0) is 38.5 Å². The van der Waals surface area contributed by atoms with Gasteiger partial charge < -0.3 is 15.2 Å². The zero-order chi connectivity index (χ0) is 15.9. The highest BCUT2D eigenvalue weighted by atomic mass is 16.5. The van der Waals surface area contributed by atoms with Crippen LogP contribution in [0.4, 0.5) is 0 Å². The molecule has 0 saturated heterocycles. The van der Waals surface area contributed by atoms with Gasteiger partial charge in [-0.1, -0.05) is 0 Å². The van der Waals surface area contributed by atoms with E-state index in [4.69, 9.17) is 10.00 Å². The summed E-state index contributed by atoms with van der Waals surface area (Å²) in [5.74, 6) is 0.742. The van der Waals surface area contributed by atoms with Crippen LogP contribution in [0.5, 0.6) is 5.75 Å². The number of carbonyl (C=O) groups is 1. The molecule has 0 aromatic heterocycles. The molecule has 0 saturated carbocycles. The van der Waals surface area contributed by atoms with Crippen molar-refractivity contribution in [1.82, 2.24) is 5.32 Å². The predicted molar refractivity (Wildman–Crippen MR) is 80.1 cm³/mol. The summed E-state index contributed by atoms with van der Waals surface area (Å²) < 4.78 is 5.86. The number of fused-ring (bicyclic) bond motifs is 1. The molecular formula is C17H18N2O3. The Labute approximate surface area is 129 Å². The summed E-state index contributed by atoms with van der Waals surface area (Å²) >= 11 is 0. The Morgan fingerprint density at radius 3 is 2.82 bits per heavy atom. The largest absolute Gasteiger partial charge is 0.485 e. The Bertz CT molecular complexity index is 700. The first-order valence-electron chi connectivity index (χ1n) is 7.32. The van der Waals surface area contributed by atoms with Gasteiger partial charge in [0.05, 0.1) is 17.7 Å². The normalized spacial score (nSPS) is 25.7. The van der Waals surface area contributed by atoms with Gasteiger partial charge in [-0.2, -0.15) is 5.26 Å². The van der Waals surface area contributed by atoms with Gasteiger partial charge in [-0.3, -0.25) is 4.79 Å².